The van der Waals surface area contributed by atoms with Crippen LogP contribution < -0.4 is 11.5 Å². The SMILES string of the molecule is Cl.NC(=O)c1[nH]c(Cc2ccc([N+](=O)[O-])cc2)nc1N. The molecule has 0 aliphatic heterocycles. The van der Waals surface area contributed by atoms with E-state index in [0.717, 1.165) is 5.56 Å². The van der Waals surface area contributed by atoms with Crippen LogP contribution in [-0.2, 0) is 6.42 Å². The van der Waals surface area contributed by atoms with E-state index in [1.807, 2.05) is 0 Å². The fraction of sp³-hybridized carbons (Fsp3) is 0.0909. The van der Waals surface area contributed by atoms with Crippen LogP contribution in [0.15, 0.2) is 24.3 Å². The molecule has 20 heavy (non-hydrogen) atoms. The second kappa shape index (κ2) is 6.02. The van der Waals surface area contributed by atoms with Gasteiger partial charge in [0.2, 0.25) is 0 Å². The molecular weight excluding hydrogens is 286 g/mol. The molecule has 0 radical (unpaired) electrons. The van der Waals surface area contributed by atoms with Crippen molar-refractivity contribution >= 4 is 29.8 Å². The number of hydrogen-bond acceptors (Lipinski definition) is 5. The summed E-state index contributed by atoms with van der Waals surface area (Å²) in [5, 5.41) is 10.5. The molecule has 1 aromatic heterocycles. The van der Waals surface area contributed by atoms with Gasteiger partial charge >= 0.3 is 0 Å². The highest BCUT2D eigenvalue weighted by Crippen LogP contribution is 2.15. The van der Waals surface area contributed by atoms with Gasteiger partial charge in [-0.15, -0.1) is 12.4 Å². The molecule has 0 aliphatic carbocycles. The number of nitrogens with two attached hydrogens (primary N) is 2. The van der Waals surface area contributed by atoms with E-state index in [4.69, 9.17) is 11.5 Å². The van der Waals surface area contributed by atoms with Gasteiger partial charge in [0.15, 0.2) is 5.82 Å². The van der Waals surface area contributed by atoms with Crippen molar-refractivity contribution in [2.24, 2.45) is 5.73 Å². The number of primary amides is 1. The normalized spacial score (nSPS) is 9.80. The van der Waals surface area contributed by atoms with Crippen LogP contribution in [-0.4, -0.2) is 20.8 Å². The Bertz CT molecular complexity index is 638. The smallest absolute Gasteiger partial charge is 0.269 e. The number of benzene rings is 1. The number of anilines is 1. The monoisotopic (exact) mass is 297 g/mol. The van der Waals surface area contributed by atoms with Crippen molar-refractivity contribution in [2.45, 2.75) is 6.42 Å². The van der Waals surface area contributed by atoms with Gasteiger partial charge in [0.25, 0.3) is 11.6 Å². The average Bonchev–Trinajstić information content (AvgIpc) is 2.71. The summed E-state index contributed by atoms with van der Waals surface area (Å²) in [7, 11) is 0. The number of H-pyrrole nitrogens is 1. The van der Waals surface area contributed by atoms with Crippen LogP contribution in [0, 0.1) is 10.1 Å². The summed E-state index contributed by atoms with van der Waals surface area (Å²) >= 11 is 0. The van der Waals surface area contributed by atoms with Crippen molar-refractivity contribution in [3.8, 4) is 0 Å². The maximum atomic E-state index is 11.0. The third-order valence-electron chi connectivity index (χ3n) is 2.55. The first-order valence-corrected chi connectivity index (χ1v) is 5.35. The van der Waals surface area contributed by atoms with E-state index < -0.39 is 10.8 Å². The molecule has 5 N–H and O–H groups in total. The highest BCUT2D eigenvalue weighted by molar-refractivity contribution is 5.95. The molecule has 0 saturated heterocycles. The number of nitrogen functional groups attached to an aromatic ring is 1. The van der Waals surface area contributed by atoms with E-state index in [1.165, 1.54) is 12.1 Å². The number of halogens is 1. The van der Waals surface area contributed by atoms with Crippen molar-refractivity contribution in [1.82, 2.24) is 9.97 Å². The Morgan fingerprint density at radius 3 is 2.40 bits per heavy atom. The summed E-state index contributed by atoms with van der Waals surface area (Å²) in [6.07, 6.45) is 0.371. The second-order valence-corrected chi connectivity index (χ2v) is 3.91. The molecule has 0 bridgehead atoms. The van der Waals surface area contributed by atoms with E-state index in [9.17, 15) is 14.9 Å². The zero-order valence-electron chi connectivity index (χ0n) is 10.2. The minimum atomic E-state index is -0.681. The zero-order valence-corrected chi connectivity index (χ0v) is 11.0. The number of aromatic amines is 1. The number of aromatic nitrogens is 2. The molecule has 0 spiro atoms. The van der Waals surface area contributed by atoms with Gasteiger partial charge in [0.05, 0.1) is 4.92 Å². The lowest BCUT2D eigenvalue weighted by Gasteiger charge is -1.97. The van der Waals surface area contributed by atoms with Gasteiger partial charge in [-0.2, -0.15) is 0 Å². The number of nitrogens with zero attached hydrogens (tertiary/aromatic N) is 2. The first-order chi connectivity index (χ1) is 8.97. The first-order valence-electron chi connectivity index (χ1n) is 5.35. The number of hydrogen-bond donors (Lipinski definition) is 3. The highest BCUT2D eigenvalue weighted by Gasteiger charge is 2.12. The molecule has 2 aromatic rings. The number of imidazole rings is 1. The third kappa shape index (κ3) is 3.23. The fourth-order valence-electron chi connectivity index (χ4n) is 1.64. The maximum absolute atomic E-state index is 11.0. The first kappa shape index (κ1) is 15.4. The van der Waals surface area contributed by atoms with Crippen molar-refractivity contribution in [3.05, 3.63) is 51.5 Å². The van der Waals surface area contributed by atoms with E-state index in [2.05, 4.69) is 9.97 Å². The van der Waals surface area contributed by atoms with E-state index >= 15 is 0 Å². The number of rotatable bonds is 4. The number of carbonyl (C=O) groups is 1. The van der Waals surface area contributed by atoms with Crippen molar-refractivity contribution < 1.29 is 9.72 Å². The number of nitro benzene ring substituents is 1. The van der Waals surface area contributed by atoms with Crippen LogP contribution in [0.3, 0.4) is 0 Å². The Morgan fingerprint density at radius 2 is 1.95 bits per heavy atom. The molecule has 2 rings (SSSR count). The number of nitro groups is 1. The van der Waals surface area contributed by atoms with Crippen LogP contribution in [0.25, 0.3) is 0 Å². The standard InChI is InChI=1S/C11H11N5O3.ClH/c12-10-9(11(13)17)14-8(15-10)5-6-1-3-7(4-2-6)16(18)19;/h1-4H,5,12H2,(H2,13,17)(H,14,15);1H. The van der Waals surface area contributed by atoms with Crippen LogP contribution >= 0.6 is 12.4 Å². The van der Waals surface area contributed by atoms with E-state index in [0.29, 0.717) is 12.2 Å². The van der Waals surface area contributed by atoms with Gasteiger partial charge in [0, 0.05) is 18.6 Å². The summed E-state index contributed by atoms with van der Waals surface area (Å²) in [5.41, 5.74) is 11.5. The van der Waals surface area contributed by atoms with Gasteiger partial charge in [-0.3, -0.25) is 14.9 Å². The topological polar surface area (TPSA) is 141 Å². The molecule has 9 heteroatoms. The molecule has 0 saturated carbocycles. The van der Waals surface area contributed by atoms with Gasteiger partial charge in [-0.25, -0.2) is 4.98 Å². The summed E-state index contributed by atoms with van der Waals surface area (Å²) in [6, 6.07) is 6.02. The second-order valence-electron chi connectivity index (χ2n) is 3.91. The Morgan fingerprint density at radius 1 is 1.35 bits per heavy atom. The average molecular weight is 298 g/mol. The molecule has 0 atom stereocenters. The molecule has 0 unspecified atom stereocenters. The lowest BCUT2D eigenvalue weighted by molar-refractivity contribution is -0.384. The number of carbonyl (C=O) groups excluding carboxylic acids is 1. The molecule has 0 fully saturated rings. The van der Waals surface area contributed by atoms with Crippen LogP contribution in [0.5, 0.6) is 0 Å². The van der Waals surface area contributed by atoms with E-state index in [1.54, 1.807) is 12.1 Å². The molecule has 8 nitrogen and oxygen atoms in total. The van der Waals surface area contributed by atoms with Crippen molar-refractivity contribution in [1.29, 1.82) is 0 Å². The number of amides is 1. The lowest BCUT2D eigenvalue weighted by Crippen LogP contribution is -2.13. The Labute approximate surface area is 119 Å². The molecule has 1 aromatic carbocycles. The number of non-ortho nitro benzene ring substituents is 1. The van der Waals surface area contributed by atoms with Crippen LogP contribution in [0.4, 0.5) is 11.5 Å². The molecular formula is C11H12ClN5O3. The maximum Gasteiger partial charge on any atom is 0.269 e. The van der Waals surface area contributed by atoms with Gasteiger partial charge in [-0.05, 0) is 5.56 Å². The van der Waals surface area contributed by atoms with Crippen LogP contribution in [0.2, 0.25) is 0 Å². The summed E-state index contributed by atoms with van der Waals surface area (Å²) in [4.78, 5) is 27.7. The predicted molar refractivity (Wildman–Crippen MR) is 74.7 cm³/mol. The fourth-order valence-corrected chi connectivity index (χ4v) is 1.64. The van der Waals surface area contributed by atoms with Crippen molar-refractivity contribution in [3.63, 3.8) is 0 Å². The molecule has 1 heterocycles. The zero-order chi connectivity index (χ0) is 14.0. The Balaban J connectivity index is 0.00000200. The van der Waals surface area contributed by atoms with E-state index in [-0.39, 0.29) is 29.6 Å². The summed E-state index contributed by atoms with van der Waals surface area (Å²) in [6.45, 7) is 0. The Hall–Kier alpha value is -2.61. The van der Waals surface area contributed by atoms with Gasteiger partial charge in [-0.1, -0.05) is 12.1 Å². The summed E-state index contributed by atoms with van der Waals surface area (Å²) in [5.74, 6) is -0.162. The van der Waals surface area contributed by atoms with Gasteiger partial charge in [0.1, 0.15) is 11.5 Å². The van der Waals surface area contributed by atoms with Crippen molar-refractivity contribution in [2.75, 3.05) is 5.73 Å². The Kier molecular flexibility index (Phi) is 4.65. The van der Waals surface area contributed by atoms with Crippen LogP contribution in [0.1, 0.15) is 21.9 Å². The quantitative estimate of drug-likeness (QED) is 0.570. The number of nitrogens with one attached hydrogen (secondary N) is 1. The highest BCUT2D eigenvalue weighted by atomic mass is 35.5. The lowest BCUT2D eigenvalue weighted by atomic mass is 10.1. The molecule has 0 aliphatic rings. The van der Waals surface area contributed by atoms with Gasteiger partial charge < -0.3 is 16.5 Å². The minimum absolute atomic E-state index is 0. The summed E-state index contributed by atoms with van der Waals surface area (Å²) < 4.78 is 0. The predicted octanol–water partition coefficient (Wildman–Crippen LogP) is 1.01. The molecule has 106 valence electrons. The largest absolute Gasteiger partial charge is 0.382 e. The third-order valence-corrected chi connectivity index (χ3v) is 2.55. The minimum Gasteiger partial charge on any atom is -0.382 e. The molecule has 1 amide bonds.